The molecule has 2 aromatic carbocycles. The molecule has 0 saturated carbocycles. The number of Topliss-reactive ketones (excluding diaryl/α,β-unsaturated/α-hetero) is 2. The normalized spacial score (nSPS) is 20.2. The molecule has 6 nitrogen and oxygen atoms in total. The maximum Gasteiger partial charge on any atom is 0.174 e. The van der Waals surface area contributed by atoms with Gasteiger partial charge in [-0.05, 0) is 69.5 Å². The Balaban J connectivity index is 1.66. The number of carbonyl (C=O) groups is 2. The molecule has 0 unspecified atom stereocenters. The zero-order valence-corrected chi connectivity index (χ0v) is 27.1. The van der Waals surface area contributed by atoms with Crippen LogP contribution < -0.4 is 9.47 Å². The Morgan fingerprint density at radius 2 is 1.46 bits per heavy atom. The van der Waals surface area contributed by atoms with E-state index >= 15 is 0 Å². The van der Waals surface area contributed by atoms with Crippen LogP contribution in [-0.4, -0.2) is 43.8 Å². The van der Waals surface area contributed by atoms with Crippen molar-refractivity contribution in [3.8, 4) is 11.5 Å². The molecule has 0 saturated heterocycles. The maximum atomic E-state index is 14.0. The Morgan fingerprint density at radius 1 is 0.878 bits per heavy atom. The second-order valence-corrected chi connectivity index (χ2v) is 14.2. The lowest BCUT2D eigenvalue weighted by Gasteiger charge is -2.49. The lowest BCUT2D eigenvalue weighted by molar-refractivity contribution is -0.119. The Kier molecular flexibility index (Phi) is 8.41. The maximum absolute atomic E-state index is 14.0. The van der Waals surface area contributed by atoms with E-state index in [0.29, 0.717) is 44.1 Å². The zero-order chi connectivity index (χ0) is 29.5. The third kappa shape index (κ3) is 5.98. The van der Waals surface area contributed by atoms with Crippen molar-refractivity contribution in [3.63, 3.8) is 0 Å². The molecule has 1 aliphatic heterocycles. The highest BCUT2D eigenvalue weighted by Crippen LogP contribution is 2.55. The minimum absolute atomic E-state index is 0.117. The Bertz CT molecular complexity index is 1370. The van der Waals surface area contributed by atoms with Crippen LogP contribution in [0.2, 0.25) is 0 Å². The fourth-order valence-electron chi connectivity index (χ4n) is 6.61. The molecule has 2 aromatic rings. The minimum Gasteiger partial charge on any atom is -0.493 e. The van der Waals surface area contributed by atoms with Gasteiger partial charge >= 0.3 is 0 Å². The van der Waals surface area contributed by atoms with Gasteiger partial charge in [0.05, 0.1) is 17.3 Å². The van der Waals surface area contributed by atoms with Crippen LogP contribution in [0.15, 0.2) is 65.0 Å². The molecule has 5 rings (SSSR count). The molecule has 2 aliphatic carbocycles. The molecule has 0 radical (unpaired) electrons. The van der Waals surface area contributed by atoms with Crippen LogP contribution in [0.5, 0.6) is 11.5 Å². The minimum atomic E-state index is -0.434. The highest BCUT2D eigenvalue weighted by atomic mass is 127. The first-order valence-electron chi connectivity index (χ1n) is 14.3. The third-order valence-corrected chi connectivity index (χ3v) is 9.15. The smallest absolute Gasteiger partial charge is 0.174 e. The fraction of sp³-hybridized carbons (Fsp3) is 0.471. The van der Waals surface area contributed by atoms with Gasteiger partial charge in [-0.15, -0.1) is 0 Å². The SMILES string of the molecule is COCCN1C2=C(C(=O)CC(C)(C)C2)C(c2cc(I)c(OCc3ccccc3)c(OC)c2)C2=C1CC(C)(C)CC2=O. The predicted molar refractivity (Wildman–Crippen MR) is 168 cm³/mol. The summed E-state index contributed by atoms with van der Waals surface area (Å²) in [7, 11) is 3.33. The average Bonchev–Trinajstić information content (AvgIpc) is 2.89. The standard InChI is InChI=1S/C34H40INO5/c1-33(2)16-24-30(26(37)18-33)29(31-25(36(24)12-13-39-5)17-34(3,4)19-27(31)38)22-14-23(35)32(28(15-22)40-6)41-20-21-10-8-7-9-11-21/h7-11,14-15,29H,12-13,16-20H2,1-6H3. The van der Waals surface area contributed by atoms with Crippen LogP contribution >= 0.6 is 22.6 Å². The Morgan fingerprint density at radius 3 is 2.00 bits per heavy atom. The molecule has 0 amide bonds. The van der Waals surface area contributed by atoms with Gasteiger partial charge in [0.1, 0.15) is 6.61 Å². The highest BCUT2D eigenvalue weighted by Gasteiger charge is 2.49. The number of hydrogen-bond acceptors (Lipinski definition) is 6. The highest BCUT2D eigenvalue weighted by molar-refractivity contribution is 14.1. The van der Waals surface area contributed by atoms with E-state index in [0.717, 1.165) is 50.1 Å². The van der Waals surface area contributed by atoms with Crippen molar-refractivity contribution >= 4 is 34.2 Å². The number of allylic oxidation sites excluding steroid dienone is 4. The summed E-state index contributed by atoms with van der Waals surface area (Å²) >= 11 is 2.28. The van der Waals surface area contributed by atoms with Crippen molar-refractivity contribution in [2.75, 3.05) is 27.4 Å². The number of ether oxygens (including phenoxy) is 3. The molecular formula is C34H40INO5. The second-order valence-electron chi connectivity index (χ2n) is 13.0. The summed E-state index contributed by atoms with van der Waals surface area (Å²) in [6, 6.07) is 14.0. The van der Waals surface area contributed by atoms with Gasteiger partial charge in [-0.3, -0.25) is 9.59 Å². The van der Waals surface area contributed by atoms with Gasteiger partial charge in [0, 0.05) is 55.0 Å². The van der Waals surface area contributed by atoms with Crippen molar-refractivity contribution in [1.82, 2.24) is 4.90 Å². The topological polar surface area (TPSA) is 65.1 Å². The molecular weight excluding hydrogens is 629 g/mol. The summed E-state index contributed by atoms with van der Waals surface area (Å²) in [6.07, 6.45) is 2.45. The number of methoxy groups -OCH3 is 2. The second kappa shape index (κ2) is 11.6. The molecule has 1 heterocycles. The molecule has 0 atom stereocenters. The van der Waals surface area contributed by atoms with E-state index in [4.69, 9.17) is 14.2 Å². The summed E-state index contributed by atoms with van der Waals surface area (Å²) in [5.41, 5.74) is 5.20. The van der Waals surface area contributed by atoms with Gasteiger partial charge in [-0.1, -0.05) is 58.0 Å². The molecule has 41 heavy (non-hydrogen) atoms. The molecule has 0 aromatic heterocycles. The van der Waals surface area contributed by atoms with E-state index in [9.17, 15) is 9.59 Å². The number of hydrogen-bond donors (Lipinski definition) is 0. The van der Waals surface area contributed by atoms with Crippen molar-refractivity contribution in [2.45, 2.75) is 65.9 Å². The molecule has 7 heteroatoms. The molecule has 218 valence electrons. The number of carbonyl (C=O) groups excluding carboxylic acids is 2. The molecule has 0 bridgehead atoms. The van der Waals surface area contributed by atoms with Gasteiger partial charge in [-0.2, -0.15) is 0 Å². The molecule has 0 spiro atoms. The quantitative estimate of drug-likeness (QED) is 0.277. The summed E-state index contributed by atoms with van der Waals surface area (Å²) in [5.74, 6) is 1.06. The number of rotatable bonds is 8. The number of halogens is 1. The fourth-order valence-corrected chi connectivity index (χ4v) is 7.39. The number of nitrogens with zero attached hydrogens (tertiary/aromatic N) is 1. The summed E-state index contributed by atoms with van der Waals surface area (Å²) in [5, 5.41) is 0. The molecule has 3 aliphatic rings. The van der Waals surface area contributed by atoms with Crippen LogP contribution in [0, 0.1) is 14.4 Å². The van der Waals surface area contributed by atoms with Crippen LogP contribution in [0.1, 0.15) is 70.4 Å². The molecule has 0 N–H and O–H groups in total. The van der Waals surface area contributed by atoms with Crippen LogP contribution in [0.25, 0.3) is 0 Å². The van der Waals surface area contributed by atoms with Crippen molar-refractivity contribution in [3.05, 3.63) is 79.7 Å². The van der Waals surface area contributed by atoms with Crippen LogP contribution in [-0.2, 0) is 20.9 Å². The van der Waals surface area contributed by atoms with Crippen LogP contribution in [0.4, 0.5) is 0 Å². The lowest BCUT2D eigenvalue weighted by Crippen LogP contribution is -2.45. The first-order valence-corrected chi connectivity index (χ1v) is 15.4. The monoisotopic (exact) mass is 669 g/mol. The van der Waals surface area contributed by atoms with Crippen LogP contribution in [0.3, 0.4) is 0 Å². The number of benzene rings is 2. The summed E-state index contributed by atoms with van der Waals surface area (Å²) in [6.45, 7) is 10.2. The van der Waals surface area contributed by atoms with E-state index in [1.54, 1.807) is 14.2 Å². The van der Waals surface area contributed by atoms with E-state index in [2.05, 4.69) is 61.3 Å². The Hall–Kier alpha value is -2.65. The first-order chi connectivity index (χ1) is 19.4. The van der Waals surface area contributed by atoms with Gasteiger partial charge in [0.15, 0.2) is 23.1 Å². The Labute approximate surface area is 257 Å². The average molecular weight is 670 g/mol. The van der Waals surface area contributed by atoms with E-state index in [-0.39, 0.29) is 22.4 Å². The summed E-state index contributed by atoms with van der Waals surface area (Å²) in [4.78, 5) is 30.3. The zero-order valence-electron chi connectivity index (χ0n) is 24.9. The van der Waals surface area contributed by atoms with Crippen molar-refractivity contribution < 1.29 is 23.8 Å². The van der Waals surface area contributed by atoms with Gasteiger partial charge < -0.3 is 19.1 Å². The number of ketones is 2. The lowest BCUT2D eigenvalue weighted by atomic mass is 9.63. The van der Waals surface area contributed by atoms with Gasteiger partial charge in [0.2, 0.25) is 0 Å². The third-order valence-electron chi connectivity index (χ3n) is 8.35. The first kappa shape index (κ1) is 29.8. The van der Waals surface area contributed by atoms with Gasteiger partial charge in [-0.25, -0.2) is 0 Å². The van der Waals surface area contributed by atoms with E-state index in [1.807, 2.05) is 36.4 Å². The largest absolute Gasteiger partial charge is 0.493 e. The van der Waals surface area contributed by atoms with Crippen molar-refractivity contribution in [2.24, 2.45) is 10.8 Å². The predicted octanol–water partition coefficient (Wildman–Crippen LogP) is 7.21. The van der Waals surface area contributed by atoms with Gasteiger partial charge in [0.25, 0.3) is 0 Å². The summed E-state index contributed by atoms with van der Waals surface area (Å²) < 4.78 is 18.5. The van der Waals surface area contributed by atoms with E-state index < -0.39 is 5.92 Å². The van der Waals surface area contributed by atoms with E-state index in [1.165, 1.54) is 0 Å². The van der Waals surface area contributed by atoms with Crippen molar-refractivity contribution in [1.29, 1.82) is 0 Å². The molecule has 0 fully saturated rings.